The third kappa shape index (κ3) is 2.31. The van der Waals surface area contributed by atoms with E-state index in [0.717, 1.165) is 23.1 Å². The van der Waals surface area contributed by atoms with Crippen LogP contribution in [-0.2, 0) is 15.1 Å². The van der Waals surface area contributed by atoms with Crippen LogP contribution in [0.15, 0.2) is 0 Å². The molecule has 0 radical (unpaired) electrons. The van der Waals surface area contributed by atoms with Gasteiger partial charge in [-0.25, -0.2) is 0 Å². The highest BCUT2D eigenvalue weighted by Crippen LogP contribution is 2.52. The Hall–Kier alpha value is -0.300. The number of rotatable bonds is 1. The van der Waals surface area contributed by atoms with Crippen molar-refractivity contribution in [2.24, 2.45) is 0 Å². The Morgan fingerprint density at radius 3 is 2.71 bits per heavy atom. The fraction of sp³-hybridized carbons (Fsp3) is 0.733. The lowest BCUT2D eigenvalue weighted by molar-refractivity contribution is -0.142. The fourth-order valence-corrected chi connectivity index (χ4v) is 7.58. The van der Waals surface area contributed by atoms with Crippen molar-refractivity contribution < 1.29 is 9.53 Å². The van der Waals surface area contributed by atoms with Crippen molar-refractivity contribution in [2.45, 2.75) is 63.6 Å². The Labute approximate surface area is 138 Å². The van der Waals surface area contributed by atoms with Crippen LogP contribution >= 0.6 is 32.9 Å². The first-order valence-corrected chi connectivity index (χ1v) is 9.90. The molecule has 0 aromatic carbocycles. The number of carbonyl (C=O) groups excluding carboxylic acids is 1. The number of fused-ring (bicyclic) bond motifs is 3. The van der Waals surface area contributed by atoms with Crippen LogP contribution in [0.25, 0.3) is 0 Å². The van der Waals surface area contributed by atoms with Gasteiger partial charge in [0.25, 0.3) is 0 Å². The van der Waals surface area contributed by atoms with E-state index in [1.807, 2.05) is 0 Å². The van der Waals surface area contributed by atoms with E-state index < -0.39 is 0 Å². The fourth-order valence-electron chi connectivity index (χ4n) is 4.11. The first-order valence-electron chi connectivity index (χ1n) is 7.34. The highest BCUT2D eigenvalue weighted by molar-refractivity contribution is 7.79. The summed E-state index contributed by atoms with van der Waals surface area (Å²) in [7, 11) is 5.21. The highest BCUT2D eigenvalue weighted by Gasteiger charge is 2.50. The van der Waals surface area contributed by atoms with Gasteiger partial charge < -0.3 is 9.64 Å². The first-order chi connectivity index (χ1) is 9.87. The van der Waals surface area contributed by atoms with Gasteiger partial charge >= 0.3 is 0 Å². The maximum atomic E-state index is 12.3. The number of amides is 1. The first kappa shape index (κ1) is 15.6. The average molecular weight is 344 g/mol. The summed E-state index contributed by atoms with van der Waals surface area (Å²) < 4.78 is 6.60. The van der Waals surface area contributed by atoms with Gasteiger partial charge in [-0.15, -0.1) is 0 Å². The van der Waals surface area contributed by atoms with Crippen LogP contribution in [0.4, 0.5) is 0 Å². The van der Waals surface area contributed by atoms with E-state index in [-0.39, 0.29) is 23.6 Å². The minimum absolute atomic E-state index is 0.167. The Balaban J connectivity index is 2.15. The van der Waals surface area contributed by atoms with Crippen molar-refractivity contribution in [3.8, 4) is 0 Å². The molecule has 3 atom stereocenters. The quantitative estimate of drug-likeness (QED) is 0.563. The number of methoxy groups -OCH3 is 1. The van der Waals surface area contributed by atoms with Crippen molar-refractivity contribution in [1.82, 2.24) is 4.90 Å². The van der Waals surface area contributed by atoms with Crippen LogP contribution in [0.3, 0.4) is 0 Å². The molecule has 0 saturated heterocycles. The van der Waals surface area contributed by atoms with E-state index in [0.29, 0.717) is 5.92 Å². The molecule has 3 rings (SSSR count). The molecule has 1 aromatic rings. The van der Waals surface area contributed by atoms with Crippen LogP contribution in [0.1, 0.15) is 56.4 Å². The second kappa shape index (κ2) is 5.41. The summed E-state index contributed by atoms with van der Waals surface area (Å²) in [5.41, 5.74) is 1.08. The van der Waals surface area contributed by atoms with Gasteiger partial charge in [0.1, 0.15) is 3.82 Å². The molecule has 0 spiro atoms. The largest absolute Gasteiger partial charge is 0.381 e. The highest BCUT2D eigenvalue weighted by atomic mass is 32.9. The Bertz CT molecular complexity index is 619. The third-order valence-electron chi connectivity index (χ3n) is 4.96. The Morgan fingerprint density at radius 2 is 2.10 bits per heavy atom. The van der Waals surface area contributed by atoms with E-state index in [1.54, 1.807) is 34.7 Å². The second-order valence-electron chi connectivity index (χ2n) is 6.49. The van der Waals surface area contributed by atoms with E-state index in [1.165, 1.54) is 10.4 Å². The molecule has 21 heavy (non-hydrogen) atoms. The minimum Gasteiger partial charge on any atom is -0.381 e. The zero-order valence-electron chi connectivity index (χ0n) is 12.8. The predicted octanol–water partition coefficient (Wildman–Crippen LogP) is 4.29. The predicted molar refractivity (Wildman–Crippen MR) is 89.8 cm³/mol. The maximum absolute atomic E-state index is 12.3. The third-order valence-corrected chi connectivity index (χ3v) is 8.34. The van der Waals surface area contributed by atoms with Crippen molar-refractivity contribution in [2.75, 3.05) is 7.11 Å². The minimum atomic E-state index is -0.250. The van der Waals surface area contributed by atoms with Gasteiger partial charge in [-0.05, 0) is 33.1 Å². The lowest BCUT2D eigenvalue weighted by atomic mass is 9.72. The molecule has 1 saturated carbocycles. The van der Waals surface area contributed by atoms with Crippen molar-refractivity contribution in [3.63, 3.8) is 0 Å². The van der Waals surface area contributed by atoms with E-state index in [9.17, 15) is 4.79 Å². The molecule has 6 heteroatoms. The standard InChI is InChI=1S/C15H21NO2S3/c1-8(17)16-11-6-5-9(18-4)7-10(11)12-13(15(16,2)3)20-21-14(12)19/h9-11H,5-7H2,1-4H3. The summed E-state index contributed by atoms with van der Waals surface area (Å²) in [6.45, 7) is 6.01. The van der Waals surface area contributed by atoms with Crippen LogP contribution in [0.2, 0.25) is 0 Å². The lowest BCUT2D eigenvalue weighted by Gasteiger charge is -2.53. The van der Waals surface area contributed by atoms with Crippen molar-refractivity contribution in [3.05, 3.63) is 14.3 Å². The van der Waals surface area contributed by atoms with Gasteiger partial charge in [0, 0.05) is 36.4 Å². The number of ether oxygens (including phenoxy) is 1. The number of hydrogen-bond donors (Lipinski definition) is 0. The average Bonchev–Trinajstić information content (AvgIpc) is 2.81. The van der Waals surface area contributed by atoms with E-state index in [4.69, 9.17) is 17.0 Å². The number of hydrogen-bond acceptors (Lipinski definition) is 5. The van der Waals surface area contributed by atoms with Crippen LogP contribution in [0, 0.1) is 3.82 Å². The van der Waals surface area contributed by atoms with Gasteiger partial charge in [-0.3, -0.25) is 4.79 Å². The summed E-state index contributed by atoms with van der Waals surface area (Å²) in [5, 5.41) is 0. The molecule has 2 aliphatic rings. The zero-order chi connectivity index (χ0) is 15.4. The normalized spacial score (nSPS) is 30.7. The van der Waals surface area contributed by atoms with Gasteiger partial charge in [0.05, 0.1) is 11.6 Å². The summed E-state index contributed by atoms with van der Waals surface area (Å²) in [4.78, 5) is 15.7. The van der Waals surface area contributed by atoms with E-state index in [2.05, 4.69) is 18.7 Å². The van der Waals surface area contributed by atoms with Gasteiger partial charge in [0.2, 0.25) is 5.91 Å². The summed E-state index contributed by atoms with van der Waals surface area (Å²) in [6, 6.07) is 0.264. The van der Waals surface area contributed by atoms with E-state index >= 15 is 0 Å². The molecule has 3 nitrogen and oxygen atoms in total. The lowest BCUT2D eigenvalue weighted by Crippen LogP contribution is -2.57. The summed E-state index contributed by atoms with van der Waals surface area (Å²) >= 11 is 5.61. The SMILES string of the molecule is COC1CCC2C(C1)c1c(ssc1=S)C(C)(C)N2C(C)=O. The topological polar surface area (TPSA) is 29.5 Å². The maximum Gasteiger partial charge on any atom is 0.220 e. The molecule has 0 N–H and O–H groups in total. The van der Waals surface area contributed by atoms with Gasteiger partial charge in [-0.1, -0.05) is 32.9 Å². The van der Waals surface area contributed by atoms with Crippen LogP contribution in [0.5, 0.6) is 0 Å². The van der Waals surface area contributed by atoms with Gasteiger partial charge in [0.15, 0.2) is 0 Å². The molecule has 1 aliphatic carbocycles. The smallest absolute Gasteiger partial charge is 0.220 e. The van der Waals surface area contributed by atoms with Crippen LogP contribution < -0.4 is 0 Å². The molecule has 1 aliphatic heterocycles. The molecular weight excluding hydrogens is 322 g/mol. The second-order valence-corrected chi connectivity index (χ2v) is 9.31. The molecule has 116 valence electrons. The van der Waals surface area contributed by atoms with Crippen molar-refractivity contribution >= 4 is 38.8 Å². The Morgan fingerprint density at radius 1 is 1.38 bits per heavy atom. The summed E-state index contributed by atoms with van der Waals surface area (Å²) in [6.07, 6.45) is 3.28. The molecule has 3 unspecified atom stereocenters. The molecule has 1 fully saturated rings. The molecule has 2 heterocycles. The Kier molecular flexibility index (Phi) is 4.01. The zero-order valence-corrected chi connectivity index (χ0v) is 15.3. The molecular formula is C15H21NO2S3. The molecule has 1 amide bonds. The monoisotopic (exact) mass is 343 g/mol. The molecule has 0 bridgehead atoms. The van der Waals surface area contributed by atoms with Crippen LogP contribution in [-0.4, -0.2) is 30.1 Å². The van der Waals surface area contributed by atoms with Crippen molar-refractivity contribution in [1.29, 1.82) is 0 Å². The summed E-state index contributed by atoms with van der Waals surface area (Å²) in [5.74, 6) is 0.506. The molecule has 1 aromatic heterocycles. The number of carbonyl (C=O) groups is 1. The number of nitrogens with zero attached hydrogens (tertiary/aromatic N) is 1. The van der Waals surface area contributed by atoms with Gasteiger partial charge in [-0.2, -0.15) is 0 Å².